The van der Waals surface area contributed by atoms with Gasteiger partial charge in [-0.1, -0.05) is 6.07 Å². The number of rotatable bonds is 4. The van der Waals surface area contributed by atoms with Crippen LogP contribution in [0.5, 0.6) is 0 Å². The summed E-state index contributed by atoms with van der Waals surface area (Å²) in [6.45, 7) is 8.91. The molecule has 1 aromatic rings. The molecule has 2 rings (SSSR count). The number of nitrogens with zero attached hydrogens (tertiary/aromatic N) is 2. The fourth-order valence-electron chi connectivity index (χ4n) is 2.17. The number of pyridine rings is 1. The highest BCUT2D eigenvalue weighted by atomic mass is 32.2. The molecule has 0 radical (unpaired) electrons. The molecule has 6 heteroatoms. The number of nitrogens with one attached hydrogen (secondary N) is 1. The summed E-state index contributed by atoms with van der Waals surface area (Å²) in [7, 11) is 0. The predicted octanol–water partition coefficient (Wildman–Crippen LogP) is 2.74. The smallest absolute Gasteiger partial charge is 0.136 e. The highest BCUT2D eigenvalue weighted by Gasteiger charge is 2.28. The molecule has 0 spiro atoms. The van der Waals surface area contributed by atoms with Gasteiger partial charge in [0.15, 0.2) is 0 Å². The summed E-state index contributed by atoms with van der Waals surface area (Å²) >= 11 is -1.12. The number of alkyl halides is 1. The van der Waals surface area contributed by atoms with Crippen molar-refractivity contribution in [2.24, 2.45) is 0 Å². The van der Waals surface area contributed by atoms with Crippen molar-refractivity contribution in [2.75, 3.05) is 18.0 Å². The van der Waals surface area contributed by atoms with E-state index in [0.29, 0.717) is 13.0 Å². The van der Waals surface area contributed by atoms with Crippen LogP contribution in [0.3, 0.4) is 0 Å². The molecule has 1 saturated heterocycles. The van der Waals surface area contributed by atoms with E-state index in [1.54, 1.807) is 6.20 Å². The van der Waals surface area contributed by atoms with Gasteiger partial charge in [0, 0.05) is 24.1 Å². The number of hydrogen-bond donors (Lipinski definition) is 1. The Morgan fingerprint density at radius 3 is 2.67 bits per heavy atom. The number of halogens is 1. The van der Waals surface area contributed by atoms with Gasteiger partial charge in [0.2, 0.25) is 0 Å². The zero-order valence-electron chi connectivity index (χ0n) is 13.1. The third kappa shape index (κ3) is 4.31. The van der Waals surface area contributed by atoms with Gasteiger partial charge in [-0.25, -0.2) is 9.37 Å². The Labute approximate surface area is 129 Å². The van der Waals surface area contributed by atoms with Gasteiger partial charge < -0.3 is 9.45 Å². The molecular weight excluding hydrogens is 289 g/mol. The molecule has 3 atom stereocenters. The molecular formula is C15H24FN3OS. The molecule has 0 amide bonds. The lowest BCUT2D eigenvalue weighted by Crippen LogP contribution is -2.40. The summed E-state index contributed by atoms with van der Waals surface area (Å²) < 4.78 is 28.1. The van der Waals surface area contributed by atoms with E-state index in [2.05, 4.69) is 9.71 Å². The number of hydrogen-bond acceptors (Lipinski definition) is 4. The van der Waals surface area contributed by atoms with Crippen LogP contribution in [-0.2, 0) is 11.4 Å². The van der Waals surface area contributed by atoms with Crippen LogP contribution >= 0.6 is 0 Å². The monoisotopic (exact) mass is 313 g/mol. The van der Waals surface area contributed by atoms with E-state index in [9.17, 15) is 8.94 Å². The summed E-state index contributed by atoms with van der Waals surface area (Å²) in [6, 6.07) is 3.83. The first kappa shape index (κ1) is 16.5. The van der Waals surface area contributed by atoms with E-state index < -0.39 is 17.5 Å². The summed E-state index contributed by atoms with van der Waals surface area (Å²) in [6.07, 6.45) is 1.60. The minimum absolute atomic E-state index is 0.0425. The van der Waals surface area contributed by atoms with Crippen molar-refractivity contribution in [2.45, 2.75) is 51.1 Å². The molecule has 1 N–H and O–H groups in total. The number of aromatic nitrogens is 1. The lowest BCUT2D eigenvalue weighted by atomic mass is 10.1. The van der Waals surface area contributed by atoms with E-state index in [-0.39, 0.29) is 10.8 Å². The van der Waals surface area contributed by atoms with Crippen LogP contribution in [0.4, 0.5) is 10.2 Å². The molecule has 21 heavy (non-hydrogen) atoms. The van der Waals surface area contributed by atoms with Crippen LogP contribution in [0.1, 0.15) is 45.7 Å². The molecule has 1 aliphatic rings. The van der Waals surface area contributed by atoms with Crippen LogP contribution in [0.25, 0.3) is 0 Å². The average molecular weight is 313 g/mol. The maximum absolute atomic E-state index is 13.2. The third-order valence-electron chi connectivity index (χ3n) is 3.57. The van der Waals surface area contributed by atoms with E-state index in [1.807, 2.05) is 44.7 Å². The largest absolute Gasteiger partial charge is 0.598 e. The van der Waals surface area contributed by atoms with Gasteiger partial charge in [-0.05, 0) is 45.7 Å². The molecule has 0 aliphatic carbocycles. The third-order valence-corrected chi connectivity index (χ3v) is 5.25. The summed E-state index contributed by atoms with van der Waals surface area (Å²) in [5.74, 6) is 0.808. The van der Waals surface area contributed by atoms with Gasteiger partial charge in [0.05, 0.1) is 12.6 Å². The Hall–Kier alpha value is -0.850. The first-order chi connectivity index (χ1) is 9.77. The lowest BCUT2D eigenvalue weighted by molar-refractivity contribution is 0.364. The van der Waals surface area contributed by atoms with Crippen LogP contribution < -0.4 is 9.62 Å². The molecule has 2 heterocycles. The Morgan fingerprint density at radius 2 is 2.19 bits per heavy atom. The zero-order valence-corrected chi connectivity index (χ0v) is 13.9. The fraction of sp³-hybridized carbons (Fsp3) is 0.667. The molecule has 0 bridgehead atoms. The second-order valence-electron chi connectivity index (χ2n) is 6.50. The predicted molar refractivity (Wildman–Crippen MR) is 85.4 cm³/mol. The van der Waals surface area contributed by atoms with Gasteiger partial charge >= 0.3 is 0 Å². The molecule has 118 valence electrons. The van der Waals surface area contributed by atoms with Gasteiger partial charge in [-0.3, -0.25) is 0 Å². The van der Waals surface area contributed by atoms with Crippen LogP contribution in [0, 0.1) is 0 Å². The minimum atomic E-state index is -1.12. The highest BCUT2D eigenvalue weighted by Crippen LogP contribution is 2.23. The molecule has 1 fully saturated rings. The zero-order chi connectivity index (χ0) is 15.6. The molecule has 0 aromatic carbocycles. The van der Waals surface area contributed by atoms with Crippen LogP contribution in [-0.4, -0.2) is 33.5 Å². The quantitative estimate of drug-likeness (QED) is 0.869. The SMILES string of the molecule is CC(N[S@@+]([O-])C(C)(C)C)c1ccc(N2CC[C@@H](F)C2)nc1. The molecule has 4 nitrogen and oxygen atoms in total. The van der Waals surface area contributed by atoms with Gasteiger partial charge in [-0.2, -0.15) is 0 Å². The first-order valence-corrected chi connectivity index (χ1v) is 8.45. The second kappa shape index (κ2) is 6.50. The average Bonchev–Trinajstić information content (AvgIpc) is 2.84. The van der Waals surface area contributed by atoms with E-state index in [1.165, 1.54) is 0 Å². The Balaban J connectivity index is 1.98. The van der Waals surface area contributed by atoms with E-state index in [0.717, 1.165) is 17.9 Å². The summed E-state index contributed by atoms with van der Waals surface area (Å²) in [4.78, 5) is 6.36. The minimum Gasteiger partial charge on any atom is -0.598 e. The van der Waals surface area contributed by atoms with Crippen molar-refractivity contribution in [3.8, 4) is 0 Å². The molecule has 1 unspecified atom stereocenters. The van der Waals surface area contributed by atoms with E-state index >= 15 is 0 Å². The molecule has 0 saturated carbocycles. The lowest BCUT2D eigenvalue weighted by Gasteiger charge is -2.26. The molecule has 1 aliphatic heterocycles. The van der Waals surface area contributed by atoms with Crippen LogP contribution in [0.15, 0.2) is 18.3 Å². The van der Waals surface area contributed by atoms with Crippen molar-refractivity contribution < 1.29 is 8.94 Å². The van der Waals surface area contributed by atoms with Crippen molar-refractivity contribution in [3.63, 3.8) is 0 Å². The van der Waals surface area contributed by atoms with Gasteiger partial charge in [0.1, 0.15) is 16.7 Å². The van der Waals surface area contributed by atoms with Crippen LogP contribution in [0.2, 0.25) is 0 Å². The maximum atomic E-state index is 13.2. The van der Waals surface area contributed by atoms with Gasteiger partial charge in [-0.15, -0.1) is 4.72 Å². The summed E-state index contributed by atoms with van der Waals surface area (Å²) in [5.41, 5.74) is 0.979. The maximum Gasteiger partial charge on any atom is 0.136 e. The van der Waals surface area contributed by atoms with E-state index in [4.69, 9.17) is 0 Å². The Morgan fingerprint density at radius 1 is 1.48 bits per heavy atom. The van der Waals surface area contributed by atoms with Crippen molar-refractivity contribution in [3.05, 3.63) is 23.9 Å². The Bertz CT molecular complexity index is 463. The second-order valence-corrected chi connectivity index (χ2v) is 8.50. The number of anilines is 1. The van der Waals surface area contributed by atoms with Gasteiger partial charge in [0.25, 0.3) is 0 Å². The topological polar surface area (TPSA) is 51.2 Å². The first-order valence-electron chi connectivity index (χ1n) is 7.30. The van der Waals surface area contributed by atoms with Crippen molar-refractivity contribution in [1.82, 2.24) is 9.71 Å². The van der Waals surface area contributed by atoms with Crippen molar-refractivity contribution >= 4 is 17.2 Å². The standard InChI is InChI=1S/C15H24FN3OS/c1-11(18-21(20)15(2,3)4)12-5-6-14(17-9-12)19-8-7-13(16)10-19/h5-6,9,11,13,18H,7-8,10H2,1-4H3/t11?,13-,21+/m1/s1. The highest BCUT2D eigenvalue weighted by molar-refractivity contribution is 7.90. The Kier molecular flexibility index (Phi) is 5.11. The normalized spacial score (nSPS) is 22.4. The summed E-state index contributed by atoms with van der Waals surface area (Å²) in [5, 5.41) is 0. The molecule has 1 aromatic heterocycles. The van der Waals surface area contributed by atoms with Crippen molar-refractivity contribution in [1.29, 1.82) is 0 Å². The fourth-order valence-corrected chi connectivity index (χ4v) is 2.98.